The average Bonchev–Trinajstić information content (AvgIpc) is 2.37. The molecule has 1 rings (SSSR count). The Balaban J connectivity index is 2.59. The van der Waals surface area contributed by atoms with Gasteiger partial charge in [-0.1, -0.05) is 0 Å². The number of nitriles is 2. The second-order valence-electron chi connectivity index (χ2n) is 3.75. The lowest BCUT2D eigenvalue weighted by atomic mass is 10.1. The van der Waals surface area contributed by atoms with Crippen molar-refractivity contribution in [3.63, 3.8) is 0 Å². The summed E-state index contributed by atoms with van der Waals surface area (Å²) in [6.45, 7) is -1.78. The molecular formula is C12H9F3N4O. The van der Waals surface area contributed by atoms with Gasteiger partial charge < -0.3 is 10.6 Å². The molecular weight excluding hydrogens is 273 g/mol. The largest absolute Gasteiger partial charge is 0.401 e. The summed E-state index contributed by atoms with van der Waals surface area (Å²) in [4.78, 5) is 11.4. The molecule has 0 aliphatic heterocycles. The van der Waals surface area contributed by atoms with Crippen LogP contribution in [0.15, 0.2) is 18.2 Å². The van der Waals surface area contributed by atoms with E-state index in [0.29, 0.717) is 0 Å². The van der Waals surface area contributed by atoms with Crippen molar-refractivity contribution in [1.82, 2.24) is 5.32 Å². The summed E-state index contributed by atoms with van der Waals surface area (Å²) in [5.74, 6) is -0.678. The van der Waals surface area contributed by atoms with Gasteiger partial charge in [-0.3, -0.25) is 4.79 Å². The maximum absolute atomic E-state index is 11.9. The van der Waals surface area contributed by atoms with Gasteiger partial charge in [-0.15, -0.1) is 0 Å². The first kappa shape index (κ1) is 15.5. The highest BCUT2D eigenvalue weighted by atomic mass is 19.4. The minimum absolute atomic E-state index is 0.0774. The van der Waals surface area contributed by atoms with Gasteiger partial charge in [0.2, 0.25) is 5.91 Å². The van der Waals surface area contributed by atoms with Crippen molar-refractivity contribution in [2.24, 2.45) is 0 Å². The van der Waals surface area contributed by atoms with Crippen molar-refractivity contribution in [2.45, 2.75) is 6.18 Å². The number of rotatable bonds is 4. The monoisotopic (exact) mass is 282 g/mol. The standard InChI is InChI=1S/C12H9F3N4O/c13-12(14,15)7-18-6-11(20)19-10-2-1-8(4-16)9(3-10)5-17/h1-3,18H,6-7H2,(H,19,20). The van der Waals surface area contributed by atoms with Crippen LogP contribution < -0.4 is 10.6 Å². The van der Waals surface area contributed by atoms with Crippen LogP contribution in [0.1, 0.15) is 11.1 Å². The Kier molecular flexibility index (Phi) is 5.07. The molecule has 0 unspecified atom stereocenters. The van der Waals surface area contributed by atoms with E-state index in [4.69, 9.17) is 10.5 Å². The maximum atomic E-state index is 11.9. The molecule has 0 aliphatic rings. The summed E-state index contributed by atoms with van der Waals surface area (Å²) in [5, 5.41) is 21.8. The van der Waals surface area contributed by atoms with Crippen LogP contribution in [0.3, 0.4) is 0 Å². The number of hydrogen-bond acceptors (Lipinski definition) is 4. The summed E-state index contributed by atoms with van der Waals surface area (Å²) in [6.07, 6.45) is -4.39. The first-order valence-electron chi connectivity index (χ1n) is 5.37. The van der Waals surface area contributed by atoms with E-state index in [9.17, 15) is 18.0 Å². The van der Waals surface area contributed by atoms with Crippen LogP contribution in [0.5, 0.6) is 0 Å². The maximum Gasteiger partial charge on any atom is 0.401 e. The van der Waals surface area contributed by atoms with Crippen molar-refractivity contribution in [1.29, 1.82) is 10.5 Å². The lowest BCUT2D eigenvalue weighted by Gasteiger charge is -2.09. The van der Waals surface area contributed by atoms with Crippen LogP contribution in [-0.2, 0) is 4.79 Å². The van der Waals surface area contributed by atoms with Gasteiger partial charge in [0.15, 0.2) is 0 Å². The van der Waals surface area contributed by atoms with Crippen LogP contribution in [0.2, 0.25) is 0 Å². The van der Waals surface area contributed by atoms with E-state index in [2.05, 4.69) is 5.32 Å². The molecule has 0 atom stereocenters. The Bertz CT molecular complexity index is 584. The van der Waals surface area contributed by atoms with Gasteiger partial charge in [0.05, 0.1) is 24.2 Å². The third-order valence-corrected chi connectivity index (χ3v) is 2.16. The topological polar surface area (TPSA) is 88.7 Å². The molecule has 1 aromatic rings. The van der Waals surface area contributed by atoms with Gasteiger partial charge in [0.25, 0.3) is 0 Å². The van der Waals surface area contributed by atoms with Crippen molar-refractivity contribution >= 4 is 11.6 Å². The summed E-state index contributed by atoms with van der Waals surface area (Å²) in [5.41, 5.74) is 0.466. The lowest BCUT2D eigenvalue weighted by molar-refractivity contribution is -0.126. The molecule has 8 heteroatoms. The minimum atomic E-state index is -4.39. The molecule has 20 heavy (non-hydrogen) atoms. The van der Waals surface area contributed by atoms with E-state index in [1.165, 1.54) is 18.2 Å². The smallest absolute Gasteiger partial charge is 0.325 e. The van der Waals surface area contributed by atoms with E-state index in [1.54, 1.807) is 12.1 Å². The highest BCUT2D eigenvalue weighted by Crippen LogP contribution is 2.14. The normalized spacial score (nSPS) is 10.4. The Morgan fingerprint density at radius 3 is 2.40 bits per heavy atom. The summed E-state index contributed by atoms with van der Waals surface area (Å²) < 4.78 is 35.6. The first-order valence-corrected chi connectivity index (χ1v) is 5.37. The molecule has 0 aliphatic carbocycles. The third-order valence-electron chi connectivity index (χ3n) is 2.16. The fourth-order valence-electron chi connectivity index (χ4n) is 1.33. The van der Waals surface area contributed by atoms with Crippen molar-refractivity contribution in [3.05, 3.63) is 29.3 Å². The van der Waals surface area contributed by atoms with E-state index >= 15 is 0 Å². The van der Waals surface area contributed by atoms with Gasteiger partial charge in [-0.2, -0.15) is 23.7 Å². The molecule has 1 aromatic carbocycles. The molecule has 0 saturated carbocycles. The van der Waals surface area contributed by atoms with Gasteiger partial charge >= 0.3 is 6.18 Å². The van der Waals surface area contributed by atoms with Gasteiger partial charge in [-0.25, -0.2) is 0 Å². The second kappa shape index (κ2) is 6.55. The van der Waals surface area contributed by atoms with Gasteiger partial charge in [0.1, 0.15) is 12.1 Å². The fraction of sp³-hybridized carbons (Fsp3) is 0.250. The van der Waals surface area contributed by atoms with Gasteiger partial charge in [-0.05, 0) is 18.2 Å². The average molecular weight is 282 g/mol. The zero-order chi connectivity index (χ0) is 15.2. The number of alkyl halides is 3. The molecule has 104 valence electrons. The third kappa shape index (κ3) is 4.96. The zero-order valence-corrected chi connectivity index (χ0v) is 10.1. The number of nitrogens with one attached hydrogen (secondary N) is 2. The van der Waals surface area contributed by atoms with Crippen LogP contribution in [0.4, 0.5) is 18.9 Å². The highest BCUT2D eigenvalue weighted by molar-refractivity contribution is 5.92. The quantitative estimate of drug-likeness (QED) is 0.876. The van der Waals surface area contributed by atoms with Crippen molar-refractivity contribution < 1.29 is 18.0 Å². The summed E-state index contributed by atoms with van der Waals surface area (Å²) in [6, 6.07) is 7.60. The minimum Gasteiger partial charge on any atom is -0.325 e. The predicted octanol–water partition coefficient (Wildman–Crippen LogP) is 1.52. The first-order chi connectivity index (χ1) is 9.35. The van der Waals surface area contributed by atoms with E-state index < -0.39 is 25.2 Å². The highest BCUT2D eigenvalue weighted by Gasteiger charge is 2.26. The van der Waals surface area contributed by atoms with Crippen LogP contribution in [0.25, 0.3) is 0 Å². The Morgan fingerprint density at radius 1 is 1.20 bits per heavy atom. The Labute approximate surface area is 112 Å². The molecule has 5 nitrogen and oxygen atoms in total. The number of nitrogens with zero attached hydrogens (tertiary/aromatic N) is 2. The van der Waals surface area contributed by atoms with Crippen LogP contribution in [-0.4, -0.2) is 25.2 Å². The van der Waals surface area contributed by atoms with E-state index in [1.807, 2.05) is 5.32 Å². The molecule has 0 aromatic heterocycles. The van der Waals surface area contributed by atoms with E-state index in [-0.39, 0.29) is 16.8 Å². The summed E-state index contributed by atoms with van der Waals surface area (Å²) >= 11 is 0. The molecule has 0 fully saturated rings. The number of carbonyl (C=O) groups is 1. The molecule has 2 N–H and O–H groups in total. The molecule has 0 saturated heterocycles. The fourth-order valence-corrected chi connectivity index (χ4v) is 1.33. The number of halogens is 3. The number of benzene rings is 1. The molecule has 1 amide bonds. The number of anilines is 1. The number of amides is 1. The van der Waals surface area contributed by atoms with E-state index in [0.717, 1.165) is 0 Å². The van der Waals surface area contributed by atoms with Crippen LogP contribution in [0, 0.1) is 22.7 Å². The zero-order valence-electron chi connectivity index (χ0n) is 10.1. The molecule has 0 bridgehead atoms. The summed E-state index contributed by atoms with van der Waals surface area (Å²) in [7, 11) is 0. The lowest BCUT2D eigenvalue weighted by Crippen LogP contribution is -2.35. The Morgan fingerprint density at radius 2 is 1.85 bits per heavy atom. The Hall–Kier alpha value is -2.58. The molecule has 0 heterocycles. The number of carbonyl (C=O) groups excluding carboxylic acids is 1. The SMILES string of the molecule is N#Cc1ccc(NC(=O)CNCC(F)(F)F)cc1C#N. The second-order valence-corrected chi connectivity index (χ2v) is 3.75. The molecule has 0 radical (unpaired) electrons. The van der Waals surface area contributed by atoms with Crippen molar-refractivity contribution in [3.8, 4) is 12.1 Å². The predicted molar refractivity (Wildman–Crippen MR) is 63.4 cm³/mol. The van der Waals surface area contributed by atoms with Crippen LogP contribution >= 0.6 is 0 Å². The number of hydrogen-bond donors (Lipinski definition) is 2. The van der Waals surface area contributed by atoms with Crippen molar-refractivity contribution in [2.75, 3.05) is 18.4 Å². The molecule has 0 spiro atoms. The van der Waals surface area contributed by atoms with Gasteiger partial charge in [0, 0.05) is 5.69 Å².